The monoisotopic (exact) mass is 340 g/mol. The molecular formula is C19H24N4O2. The zero-order valence-corrected chi connectivity index (χ0v) is 14.2. The van der Waals surface area contributed by atoms with Gasteiger partial charge in [0.25, 0.3) is 5.91 Å². The molecule has 6 nitrogen and oxygen atoms in total. The molecule has 0 atom stereocenters. The van der Waals surface area contributed by atoms with Crippen LogP contribution in [-0.2, 0) is 13.1 Å². The van der Waals surface area contributed by atoms with Gasteiger partial charge in [0.2, 0.25) is 0 Å². The molecule has 0 bridgehead atoms. The van der Waals surface area contributed by atoms with Gasteiger partial charge in [0.05, 0.1) is 19.4 Å². The SMILES string of the molecule is NC(=NCc1cccc(C(=O)NCc2ccco2)c1)NCC1CCC1. The van der Waals surface area contributed by atoms with E-state index in [-0.39, 0.29) is 5.91 Å². The number of nitrogens with zero attached hydrogens (tertiary/aromatic N) is 1. The normalized spacial score (nSPS) is 14.8. The Labute approximate surface area is 147 Å². The van der Waals surface area contributed by atoms with E-state index in [0.717, 1.165) is 23.8 Å². The van der Waals surface area contributed by atoms with E-state index in [1.54, 1.807) is 18.4 Å². The van der Waals surface area contributed by atoms with Gasteiger partial charge in [0.1, 0.15) is 5.76 Å². The van der Waals surface area contributed by atoms with Crippen molar-refractivity contribution >= 4 is 11.9 Å². The lowest BCUT2D eigenvalue weighted by Crippen LogP contribution is -2.37. The number of carbonyl (C=O) groups excluding carboxylic acids is 1. The molecule has 1 aromatic heterocycles. The van der Waals surface area contributed by atoms with Crippen LogP contribution >= 0.6 is 0 Å². The maximum Gasteiger partial charge on any atom is 0.251 e. The van der Waals surface area contributed by atoms with Gasteiger partial charge in [-0.15, -0.1) is 0 Å². The Morgan fingerprint density at radius 3 is 2.84 bits per heavy atom. The second-order valence-corrected chi connectivity index (χ2v) is 6.34. The molecule has 0 aliphatic heterocycles. The van der Waals surface area contributed by atoms with Crippen LogP contribution in [0.15, 0.2) is 52.1 Å². The summed E-state index contributed by atoms with van der Waals surface area (Å²) in [5.41, 5.74) is 7.44. The standard InChI is InChI=1S/C19H24N4O2/c20-19(22-11-14-4-1-5-14)23-12-15-6-2-7-16(10-15)18(24)21-13-17-8-3-9-25-17/h2-3,6-10,14H,1,4-5,11-13H2,(H,21,24)(H3,20,22,23). The number of nitrogens with one attached hydrogen (secondary N) is 2. The number of guanidine groups is 1. The van der Waals surface area contributed by atoms with Gasteiger partial charge in [-0.3, -0.25) is 4.79 Å². The number of furan rings is 1. The van der Waals surface area contributed by atoms with Gasteiger partial charge in [0.15, 0.2) is 5.96 Å². The van der Waals surface area contributed by atoms with Crippen molar-refractivity contribution in [3.05, 3.63) is 59.5 Å². The molecule has 1 fully saturated rings. The fourth-order valence-corrected chi connectivity index (χ4v) is 2.67. The quantitative estimate of drug-likeness (QED) is 0.533. The maximum absolute atomic E-state index is 12.2. The third kappa shape index (κ3) is 5.11. The van der Waals surface area contributed by atoms with Crippen LogP contribution in [0.4, 0.5) is 0 Å². The van der Waals surface area contributed by atoms with Crippen molar-refractivity contribution in [1.29, 1.82) is 0 Å². The Bertz CT molecular complexity index is 721. The molecule has 2 aromatic rings. The zero-order valence-electron chi connectivity index (χ0n) is 14.2. The molecule has 0 saturated heterocycles. The first kappa shape index (κ1) is 17.1. The number of hydrogen-bond acceptors (Lipinski definition) is 3. The van der Waals surface area contributed by atoms with E-state index in [4.69, 9.17) is 10.2 Å². The molecule has 0 radical (unpaired) electrons. The van der Waals surface area contributed by atoms with Crippen molar-refractivity contribution in [2.45, 2.75) is 32.4 Å². The van der Waals surface area contributed by atoms with Gasteiger partial charge in [-0.1, -0.05) is 18.6 Å². The van der Waals surface area contributed by atoms with E-state index < -0.39 is 0 Å². The van der Waals surface area contributed by atoms with E-state index in [9.17, 15) is 4.79 Å². The van der Waals surface area contributed by atoms with Crippen molar-refractivity contribution < 1.29 is 9.21 Å². The fourth-order valence-electron chi connectivity index (χ4n) is 2.67. The predicted octanol–water partition coefficient (Wildman–Crippen LogP) is 2.41. The number of benzene rings is 1. The van der Waals surface area contributed by atoms with Crippen molar-refractivity contribution in [3.8, 4) is 0 Å². The highest BCUT2D eigenvalue weighted by Crippen LogP contribution is 2.24. The number of nitrogens with two attached hydrogens (primary N) is 1. The van der Waals surface area contributed by atoms with Crippen LogP contribution in [0.2, 0.25) is 0 Å². The summed E-state index contributed by atoms with van der Waals surface area (Å²) in [6, 6.07) is 11.0. The topological polar surface area (TPSA) is 92.6 Å². The van der Waals surface area contributed by atoms with Crippen molar-refractivity contribution in [2.24, 2.45) is 16.6 Å². The molecule has 1 amide bonds. The van der Waals surface area contributed by atoms with Crippen LogP contribution in [0.25, 0.3) is 0 Å². The van der Waals surface area contributed by atoms with Gasteiger partial charge in [-0.25, -0.2) is 4.99 Å². The summed E-state index contributed by atoms with van der Waals surface area (Å²) in [6.45, 7) is 1.71. The Morgan fingerprint density at radius 2 is 2.12 bits per heavy atom. The van der Waals surface area contributed by atoms with E-state index in [1.807, 2.05) is 24.3 Å². The zero-order chi connectivity index (χ0) is 17.5. The summed E-state index contributed by atoms with van der Waals surface area (Å²) < 4.78 is 5.21. The van der Waals surface area contributed by atoms with Crippen LogP contribution in [-0.4, -0.2) is 18.4 Å². The summed E-state index contributed by atoms with van der Waals surface area (Å²) in [7, 11) is 0. The number of rotatable bonds is 7. The van der Waals surface area contributed by atoms with Crippen LogP contribution < -0.4 is 16.4 Å². The van der Waals surface area contributed by atoms with Gasteiger partial charge in [-0.2, -0.15) is 0 Å². The van der Waals surface area contributed by atoms with Crippen molar-refractivity contribution in [3.63, 3.8) is 0 Å². The largest absolute Gasteiger partial charge is 0.467 e. The average molecular weight is 340 g/mol. The third-order valence-electron chi connectivity index (χ3n) is 4.42. The average Bonchev–Trinajstić information content (AvgIpc) is 3.10. The third-order valence-corrected chi connectivity index (χ3v) is 4.42. The van der Waals surface area contributed by atoms with E-state index in [1.165, 1.54) is 19.3 Å². The highest BCUT2D eigenvalue weighted by Gasteiger charge is 2.16. The maximum atomic E-state index is 12.2. The van der Waals surface area contributed by atoms with E-state index in [0.29, 0.717) is 24.6 Å². The molecule has 6 heteroatoms. The minimum atomic E-state index is -0.140. The van der Waals surface area contributed by atoms with Crippen LogP contribution in [0.3, 0.4) is 0 Å². The lowest BCUT2D eigenvalue weighted by molar-refractivity contribution is 0.0948. The summed E-state index contributed by atoms with van der Waals surface area (Å²) in [5.74, 6) is 1.77. The molecular weight excluding hydrogens is 316 g/mol. The molecule has 1 saturated carbocycles. The minimum Gasteiger partial charge on any atom is -0.467 e. The lowest BCUT2D eigenvalue weighted by atomic mass is 9.85. The molecule has 4 N–H and O–H groups in total. The van der Waals surface area contributed by atoms with Gasteiger partial charge in [0, 0.05) is 12.1 Å². The summed E-state index contributed by atoms with van der Waals surface area (Å²) in [5, 5.41) is 6.00. The predicted molar refractivity (Wildman–Crippen MR) is 97.0 cm³/mol. The minimum absolute atomic E-state index is 0.140. The molecule has 1 aromatic carbocycles. The molecule has 1 aliphatic carbocycles. The Morgan fingerprint density at radius 1 is 1.24 bits per heavy atom. The summed E-state index contributed by atoms with van der Waals surface area (Å²) in [4.78, 5) is 16.6. The Hall–Kier alpha value is -2.76. The van der Waals surface area contributed by atoms with Gasteiger partial charge < -0.3 is 20.8 Å². The Kier molecular flexibility index (Phi) is 5.72. The molecule has 0 spiro atoms. The molecule has 1 aliphatic rings. The van der Waals surface area contributed by atoms with Crippen LogP contribution in [0.5, 0.6) is 0 Å². The first-order chi connectivity index (χ1) is 12.2. The number of hydrogen-bond donors (Lipinski definition) is 3. The van der Waals surface area contributed by atoms with Crippen LogP contribution in [0.1, 0.15) is 40.9 Å². The Balaban J connectivity index is 1.50. The van der Waals surface area contributed by atoms with Crippen molar-refractivity contribution in [2.75, 3.05) is 6.54 Å². The van der Waals surface area contributed by atoms with E-state index in [2.05, 4.69) is 15.6 Å². The highest BCUT2D eigenvalue weighted by atomic mass is 16.3. The van der Waals surface area contributed by atoms with Gasteiger partial charge in [-0.05, 0) is 48.6 Å². The molecule has 0 unspecified atom stereocenters. The second kappa shape index (κ2) is 8.37. The summed E-state index contributed by atoms with van der Waals surface area (Å²) >= 11 is 0. The smallest absolute Gasteiger partial charge is 0.251 e. The number of amides is 1. The lowest BCUT2D eigenvalue weighted by Gasteiger charge is -2.25. The second-order valence-electron chi connectivity index (χ2n) is 6.34. The summed E-state index contributed by atoms with van der Waals surface area (Å²) in [6.07, 6.45) is 5.45. The first-order valence-electron chi connectivity index (χ1n) is 8.64. The van der Waals surface area contributed by atoms with Crippen molar-refractivity contribution in [1.82, 2.24) is 10.6 Å². The molecule has 1 heterocycles. The fraction of sp³-hybridized carbons (Fsp3) is 0.368. The molecule has 3 rings (SSSR count). The molecule has 132 valence electrons. The van der Waals surface area contributed by atoms with Crippen LogP contribution in [0, 0.1) is 5.92 Å². The van der Waals surface area contributed by atoms with Gasteiger partial charge >= 0.3 is 0 Å². The number of aliphatic imine (C=N–C) groups is 1. The first-order valence-corrected chi connectivity index (χ1v) is 8.64. The molecule has 25 heavy (non-hydrogen) atoms. The number of carbonyl (C=O) groups is 1. The van der Waals surface area contributed by atoms with E-state index >= 15 is 0 Å². The highest BCUT2D eigenvalue weighted by molar-refractivity contribution is 5.94.